The standard InChI is InChI=1S/C18H19N5O3S/c1-25-16(24)10-9-15-19-14(22-26-15)11-27-18-20-17(12-7-8-12)23(21-18)13-5-3-2-4-6-13/h2-6,12H,7-11H2,1H3. The zero-order valence-corrected chi connectivity index (χ0v) is 15.7. The van der Waals surface area contributed by atoms with E-state index in [1.807, 2.05) is 35.0 Å². The lowest BCUT2D eigenvalue weighted by atomic mass is 10.3. The number of rotatable bonds is 8. The van der Waals surface area contributed by atoms with Crippen molar-refractivity contribution in [3.8, 4) is 5.69 Å². The summed E-state index contributed by atoms with van der Waals surface area (Å²) < 4.78 is 11.7. The van der Waals surface area contributed by atoms with Crippen LogP contribution < -0.4 is 0 Å². The second kappa shape index (κ2) is 7.91. The van der Waals surface area contributed by atoms with E-state index in [4.69, 9.17) is 9.51 Å². The fourth-order valence-electron chi connectivity index (χ4n) is 2.62. The Morgan fingerprint density at radius 1 is 1.30 bits per heavy atom. The van der Waals surface area contributed by atoms with Gasteiger partial charge in [-0.1, -0.05) is 35.1 Å². The third kappa shape index (κ3) is 4.36. The molecule has 2 heterocycles. The summed E-state index contributed by atoms with van der Waals surface area (Å²) in [7, 11) is 1.36. The number of hydrogen-bond donors (Lipinski definition) is 0. The second-order valence-corrected chi connectivity index (χ2v) is 7.19. The van der Waals surface area contributed by atoms with Crippen molar-refractivity contribution in [1.82, 2.24) is 24.9 Å². The number of nitrogens with zero attached hydrogens (tertiary/aromatic N) is 5. The number of benzene rings is 1. The van der Waals surface area contributed by atoms with Crippen LogP contribution in [0, 0.1) is 0 Å². The topological polar surface area (TPSA) is 95.9 Å². The monoisotopic (exact) mass is 385 g/mol. The zero-order valence-electron chi connectivity index (χ0n) is 14.9. The highest BCUT2D eigenvalue weighted by atomic mass is 32.2. The predicted octanol–water partition coefficient (Wildman–Crippen LogP) is 2.93. The number of ether oxygens (including phenoxy) is 1. The number of carbonyl (C=O) groups is 1. The molecule has 0 N–H and O–H groups in total. The lowest BCUT2D eigenvalue weighted by molar-refractivity contribution is -0.140. The molecule has 0 spiro atoms. The maximum atomic E-state index is 11.2. The van der Waals surface area contributed by atoms with E-state index in [-0.39, 0.29) is 12.4 Å². The third-order valence-electron chi connectivity index (χ3n) is 4.17. The molecule has 27 heavy (non-hydrogen) atoms. The number of methoxy groups -OCH3 is 1. The number of aromatic nitrogens is 5. The van der Waals surface area contributed by atoms with Crippen molar-refractivity contribution in [2.75, 3.05) is 7.11 Å². The fraction of sp³-hybridized carbons (Fsp3) is 0.389. The van der Waals surface area contributed by atoms with E-state index in [0.29, 0.717) is 35.0 Å². The Labute approximate surface area is 160 Å². The van der Waals surface area contributed by atoms with Crippen LogP contribution in [0.4, 0.5) is 0 Å². The fourth-order valence-corrected chi connectivity index (χ4v) is 3.29. The summed E-state index contributed by atoms with van der Waals surface area (Å²) in [5.41, 5.74) is 1.02. The lowest BCUT2D eigenvalue weighted by Gasteiger charge is -2.03. The van der Waals surface area contributed by atoms with Gasteiger partial charge in [-0.25, -0.2) is 9.67 Å². The van der Waals surface area contributed by atoms with Gasteiger partial charge in [0.15, 0.2) is 5.82 Å². The molecule has 0 bridgehead atoms. The van der Waals surface area contributed by atoms with Gasteiger partial charge < -0.3 is 9.26 Å². The largest absolute Gasteiger partial charge is 0.469 e. The second-order valence-electron chi connectivity index (χ2n) is 6.24. The predicted molar refractivity (Wildman–Crippen MR) is 97.5 cm³/mol. The molecule has 0 aliphatic heterocycles. The van der Waals surface area contributed by atoms with E-state index < -0.39 is 0 Å². The first-order chi connectivity index (χ1) is 13.2. The molecule has 140 valence electrons. The van der Waals surface area contributed by atoms with E-state index in [0.717, 1.165) is 24.4 Å². The number of thioether (sulfide) groups is 1. The summed E-state index contributed by atoms with van der Waals surface area (Å²) in [5.74, 6) is 2.69. The molecule has 1 fully saturated rings. The molecule has 1 aliphatic carbocycles. The molecule has 3 aromatic rings. The van der Waals surface area contributed by atoms with Crippen LogP contribution in [0.1, 0.15) is 42.7 Å². The van der Waals surface area contributed by atoms with E-state index in [2.05, 4.69) is 20.0 Å². The molecule has 0 atom stereocenters. The minimum absolute atomic E-state index is 0.221. The maximum Gasteiger partial charge on any atom is 0.306 e. The molecule has 1 saturated carbocycles. The van der Waals surface area contributed by atoms with Gasteiger partial charge >= 0.3 is 5.97 Å². The van der Waals surface area contributed by atoms with Crippen LogP contribution in [-0.2, 0) is 21.7 Å². The van der Waals surface area contributed by atoms with Gasteiger partial charge in [-0.15, -0.1) is 5.10 Å². The molecule has 0 saturated heterocycles. The van der Waals surface area contributed by atoms with Gasteiger partial charge in [-0.05, 0) is 25.0 Å². The van der Waals surface area contributed by atoms with Crippen LogP contribution in [0.25, 0.3) is 5.69 Å². The van der Waals surface area contributed by atoms with Gasteiger partial charge in [0.2, 0.25) is 11.0 Å². The SMILES string of the molecule is COC(=O)CCc1nc(CSc2nc(C3CC3)n(-c3ccccc3)n2)no1. The Morgan fingerprint density at radius 2 is 2.11 bits per heavy atom. The van der Waals surface area contributed by atoms with Gasteiger partial charge in [0.25, 0.3) is 0 Å². The van der Waals surface area contributed by atoms with Crippen molar-refractivity contribution >= 4 is 17.7 Å². The number of hydrogen-bond acceptors (Lipinski definition) is 8. The third-order valence-corrected chi connectivity index (χ3v) is 5.00. The molecule has 0 unspecified atom stereocenters. The van der Waals surface area contributed by atoms with E-state index in [1.54, 1.807) is 0 Å². The van der Waals surface area contributed by atoms with E-state index >= 15 is 0 Å². The lowest BCUT2D eigenvalue weighted by Crippen LogP contribution is -2.02. The van der Waals surface area contributed by atoms with Crippen LogP contribution in [0.2, 0.25) is 0 Å². The minimum atomic E-state index is -0.299. The highest BCUT2D eigenvalue weighted by molar-refractivity contribution is 7.98. The highest BCUT2D eigenvalue weighted by Gasteiger charge is 2.30. The Hall–Kier alpha value is -2.68. The molecule has 9 heteroatoms. The first kappa shape index (κ1) is 17.7. The summed E-state index contributed by atoms with van der Waals surface area (Å²) in [4.78, 5) is 20.2. The van der Waals surface area contributed by atoms with Crippen LogP contribution >= 0.6 is 11.8 Å². The molecule has 8 nitrogen and oxygen atoms in total. The Kier molecular flexibility index (Phi) is 5.19. The van der Waals surface area contributed by atoms with E-state index in [1.165, 1.54) is 18.9 Å². The summed E-state index contributed by atoms with van der Waals surface area (Å²) in [6.07, 6.45) is 2.91. The Morgan fingerprint density at radius 3 is 2.85 bits per heavy atom. The Bertz CT molecular complexity index is 920. The molecule has 1 aromatic carbocycles. The summed E-state index contributed by atoms with van der Waals surface area (Å²) >= 11 is 1.47. The van der Waals surface area contributed by atoms with Crippen LogP contribution in [-0.4, -0.2) is 38.0 Å². The Balaban J connectivity index is 1.42. The number of carbonyl (C=O) groups excluding carboxylic acids is 1. The molecule has 2 aromatic heterocycles. The van der Waals surface area contributed by atoms with Crippen molar-refractivity contribution < 1.29 is 14.1 Å². The van der Waals surface area contributed by atoms with Gasteiger partial charge in [0.05, 0.1) is 25.0 Å². The average Bonchev–Trinajstić information content (AvgIpc) is 3.30. The highest BCUT2D eigenvalue weighted by Crippen LogP contribution is 2.40. The molecule has 0 radical (unpaired) electrons. The van der Waals surface area contributed by atoms with Gasteiger partial charge in [-0.3, -0.25) is 4.79 Å². The molecular formula is C18H19N5O3S. The smallest absolute Gasteiger partial charge is 0.306 e. The summed E-state index contributed by atoms with van der Waals surface area (Å²) in [6, 6.07) is 10.0. The quantitative estimate of drug-likeness (QED) is 0.431. The number of esters is 1. The molecule has 0 amide bonds. The van der Waals surface area contributed by atoms with E-state index in [9.17, 15) is 4.79 Å². The first-order valence-corrected chi connectivity index (χ1v) is 9.75. The first-order valence-electron chi connectivity index (χ1n) is 8.76. The van der Waals surface area contributed by atoms with Gasteiger partial charge in [0.1, 0.15) is 5.82 Å². The van der Waals surface area contributed by atoms with Crippen LogP contribution in [0.3, 0.4) is 0 Å². The normalized spacial score (nSPS) is 13.7. The maximum absolute atomic E-state index is 11.2. The van der Waals surface area contributed by atoms with Crippen LogP contribution in [0.5, 0.6) is 0 Å². The van der Waals surface area contributed by atoms with Crippen LogP contribution in [0.15, 0.2) is 40.0 Å². The van der Waals surface area contributed by atoms with Crippen molar-refractivity contribution in [1.29, 1.82) is 0 Å². The number of para-hydroxylation sites is 1. The molecular weight excluding hydrogens is 366 g/mol. The van der Waals surface area contributed by atoms with Gasteiger partial charge in [-0.2, -0.15) is 4.98 Å². The van der Waals surface area contributed by atoms with Crippen molar-refractivity contribution in [2.45, 2.75) is 42.5 Å². The average molecular weight is 385 g/mol. The summed E-state index contributed by atoms with van der Waals surface area (Å²) in [5, 5.41) is 9.30. The molecule has 4 rings (SSSR count). The number of aryl methyl sites for hydroxylation is 1. The minimum Gasteiger partial charge on any atom is -0.469 e. The molecule has 1 aliphatic rings. The van der Waals surface area contributed by atoms with Gasteiger partial charge in [0, 0.05) is 12.3 Å². The zero-order chi connectivity index (χ0) is 18.6. The summed E-state index contributed by atoms with van der Waals surface area (Å²) in [6.45, 7) is 0. The van der Waals surface area contributed by atoms with Crippen molar-refractivity contribution in [3.05, 3.63) is 47.9 Å². The van der Waals surface area contributed by atoms with Crippen molar-refractivity contribution in [2.24, 2.45) is 0 Å². The van der Waals surface area contributed by atoms with Crippen molar-refractivity contribution in [3.63, 3.8) is 0 Å².